The van der Waals surface area contributed by atoms with Gasteiger partial charge >= 0.3 is 193 Å². The molecule has 158 valence electrons. The van der Waals surface area contributed by atoms with Gasteiger partial charge in [0.15, 0.2) is 0 Å². The van der Waals surface area contributed by atoms with Crippen LogP contribution in [0.4, 0.5) is 0 Å². The first-order valence-electron chi connectivity index (χ1n) is 11.3. The van der Waals surface area contributed by atoms with E-state index in [0.29, 0.717) is 0 Å². The third kappa shape index (κ3) is 8.34. The van der Waals surface area contributed by atoms with Crippen LogP contribution in [0.5, 0.6) is 0 Å². The van der Waals surface area contributed by atoms with Gasteiger partial charge in [-0.05, 0) is 0 Å². The van der Waals surface area contributed by atoms with Gasteiger partial charge in [0.1, 0.15) is 0 Å². The molecule has 0 fully saturated rings. The Morgan fingerprint density at radius 3 is 1.79 bits per heavy atom. The Kier molecular flexibility index (Phi) is 11.9. The van der Waals surface area contributed by atoms with Gasteiger partial charge in [0, 0.05) is 0 Å². The number of hydrogen-bond acceptors (Lipinski definition) is 1. The first-order chi connectivity index (χ1) is 14.1. The van der Waals surface area contributed by atoms with Crippen molar-refractivity contribution < 1.29 is 0 Å². The van der Waals surface area contributed by atoms with E-state index >= 15 is 0 Å². The van der Waals surface area contributed by atoms with Crippen molar-refractivity contribution in [3.8, 4) is 0 Å². The van der Waals surface area contributed by atoms with E-state index in [1.165, 1.54) is 62.3 Å². The standard InChI is InChI=1S/C14H10ClS.3C4H9.Sn/c15-13-6-8-14(9-7-13)16-11-10-12-4-2-1-3-5-12;3*1-3-4-2;/h1-10H;3*1,3-4H2,2H3;. The molecule has 29 heavy (non-hydrogen) atoms. The molecule has 0 radical (unpaired) electrons. The van der Waals surface area contributed by atoms with E-state index in [0.717, 1.165) is 5.02 Å². The van der Waals surface area contributed by atoms with Gasteiger partial charge in [-0.15, -0.1) is 0 Å². The SMILES string of the molecule is CCC[CH2][Sn]([CH2]CCC)([CH2]CCC)/[C](=C\c1ccccc1)Sc1ccc(Cl)cc1. The van der Waals surface area contributed by atoms with Crippen molar-refractivity contribution >= 4 is 47.8 Å². The fraction of sp³-hybridized carbons (Fsp3) is 0.462. The van der Waals surface area contributed by atoms with Gasteiger partial charge < -0.3 is 0 Å². The van der Waals surface area contributed by atoms with Crippen LogP contribution in [0.25, 0.3) is 6.08 Å². The van der Waals surface area contributed by atoms with E-state index in [1.807, 2.05) is 23.9 Å². The second kappa shape index (κ2) is 13.8. The molecule has 3 heteroatoms. The Balaban J connectivity index is 2.50. The third-order valence-corrected chi connectivity index (χ3v) is 25.2. The van der Waals surface area contributed by atoms with Crippen LogP contribution in [0.1, 0.15) is 64.9 Å². The van der Waals surface area contributed by atoms with Gasteiger partial charge in [-0.2, -0.15) is 0 Å². The first-order valence-corrected chi connectivity index (χ1v) is 20.0. The van der Waals surface area contributed by atoms with Crippen LogP contribution in [-0.2, 0) is 0 Å². The molecule has 0 aromatic heterocycles. The fourth-order valence-corrected chi connectivity index (χ4v) is 24.3. The maximum absolute atomic E-state index is 6.16. The predicted molar refractivity (Wildman–Crippen MR) is 137 cm³/mol. The van der Waals surface area contributed by atoms with Crippen LogP contribution in [-0.4, -0.2) is 18.4 Å². The summed E-state index contributed by atoms with van der Waals surface area (Å²) in [4.78, 5) is 1.34. The van der Waals surface area contributed by atoms with Crippen molar-refractivity contribution in [1.29, 1.82) is 0 Å². The van der Waals surface area contributed by atoms with E-state index in [9.17, 15) is 0 Å². The van der Waals surface area contributed by atoms with Crippen LogP contribution in [0.15, 0.2) is 62.4 Å². The number of hydrogen-bond donors (Lipinski definition) is 0. The summed E-state index contributed by atoms with van der Waals surface area (Å²) < 4.78 is 6.21. The summed E-state index contributed by atoms with van der Waals surface area (Å²) >= 11 is 5.69. The second-order valence-corrected chi connectivity index (χ2v) is 23.8. The van der Waals surface area contributed by atoms with Gasteiger partial charge in [0.25, 0.3) is 0 Å². The molecule has 0 bridgehead atoms. The van der Waals surface area contributed by atoms with Crippen molar-refractivity contribution in [3.05, 3.63) is 68.1 Å². The summed E-state index contributed by atoms with van der Waals surface area (Å²) in [5.74, 6) is 0. The Hall–Kier alpha value is -0.381. The zero-order valence-corrected chi connectivity index (χ0v) is 22.9. The molecule has 0 nitrogen and oxygen atoms in total. The molecule has 0 spiro atoms. The van der Waals surface area contributed by atoms with Crippen molar-refractivity contribution in [2.75, 3.05) is 0 Å². The summed E-state index contributed by atoms with van der Waals surface area (Å²) in [5.41, 5.74) is 1.36. The Morgan fingerprint density at radius 2 is 1.31 bits per heavy atom. The molecule has 0 aliphatic heterocycles. The van der Waals surface area contributed by atoms with Gasteiger partial charge in [-0.3, -0.25) is 0 Å². The molecule has 0 aliphatic carbocycles. The molecule has 0 saturated carbocycles. The number of benzene rings is 2. The second-order valence-electron chi connectivity index (χ2n) is 8.07. The zero-order chi connectivity index (χ0) is 21.0. The summed E-state index contributed by atoms with van der Waals surface area (Å²) in [6, 6.07) is 19.4. The molecule has 2 aromatic carbocycles. The van der Waals surface area contributed by atoms with Crippen LogP contribution in [0.2, 0.25) is 18.3 Å². The molecule has 0 unspecified atom stereocenters. The van der Waals surface area contributed by atoms with E-state index in [2.05, 4.69) is 69.3 Å². The van der Waals surface area contributed by atoms with Crippen molar-refractivity contribution in [1.82, 2.24) is 0 Å². The van der Waals surface area contributed by atoms with Gasteiger partial charge in [0.05, 0.1) is 0 Å². The summed E-state index contributed by atoms with van der Waals surface area (Å²) in [6.45, 7) is 7.05. The monoisotopic (exact) mass is 536 g/mol. The molecule has 0 N–H and O–H groups in total. The first kappa shape index (κ1) is 24.9. The molecule has 0 heterocycles. The molecule has 0 amide bonds. The summed E-state index contributed by atoms with van der Waals surface area (Å²) in [6.07, 6.45) is 10.6. The normalized spacial score (nSPS) is 12.3. The Morgan fingerprint density at radius 1 is 0.793 bits per heavy atom. The average Bonchev–Trinajstić information content (AvgIpc) is 2.75. The minimum atomic E-state index is -2.52. The Bertz CT molecular complexity index is 702. The van der Waals surface area contributed by atoms with E-state index in [4.69, 9.17) is 11.6 Å². The Labute approximate surface area is 192 Å². The topological polar surface area (TPSA) is 0 Å². The van der Waals surface area contributed by atoms with Crippen molar-refractivity contribution in [2.45, 2.75) is 77.5 Å². The third-order valence-electron chi connectivity index (χ3n) is 5.69. The molecular weight excluding hydrogens is 499 g/mol. The van der Waals surface area contributed by atoms with Gasteiger partial charge in [0.2, 0.25) is 0 Å². The quantitative estimate of drug-likeness (QED) is 0.182. The zero-order valence-electron chi connectivity index (χ0n) is 18.4. The van der Waals surface area contributed by atoms with Crippen molar-refractivity contribution in [2.24, 2.45) is 0 Å². The van der Waals surface area contributed by atoms with Crippen LogP contribution >= 0.6 is 23.4 Å². The minimum absolute atomic E-state index is 0.820. The fourth-order valence-electron chi connectivity index (χ4n) is 3.91. The van der Waals surface area contributed by atoms with Crippen LogP contribution in [0, 0.1) is 0 Å². The summed E-state index contributed by atoms with van der Waals surface area (Å²) in [7, 11) is 0. The molecule has 2 aromatic rings. The summed E-state index contributed by atoms with van der Waals surface area (Å²) in [5, 5.41) is 0.820. The van der Waals surface area contributed by atoms with Crippen LogP contribution < -0.4 is 0 Å². The average molecular weight is 536 g/mol. The molecule has 0 saturated heterocycles. The van der Waals surface area contributed by atoms with E-state index in [-0.39, 0.29) is 0 Å². The van der Waals surface area contributed by atoms with Crippen LogP contribution in [0.3, 0.4) is 0 Å². The molecular formula is C26H37ClSSn. The maximum atomic E-state index is 6.16. The number of thioether (sulfide) groups is 1. The molecule has 0 aliphatic rings. The van der Waals surface area contributed by atoms with E-state index < -0.39 is 18.4 Å². The predicted octanol–water partition coefficient (Wildman–Crippen LogP) is 9.86. The molecule has 0 atom stereocenters. The number of halogens is 1. The van der Waals surface area contributed by atoms with E-state index in [1.54, 1.807) is 2.92 Å². The van der Waals surface area contributed by atoms with Gasteiger partial charge in [-0.1, -0.05) is 0 Å². The van der Waals surface area contributed by atoms with Gasteiger partial charge in [-0.25, -0.2) is 0 Å². The number of rotatable bonds is 13. The van der Waals surface area contributed by atoms with Crippen molar-refractivity contribution in [3.63, 3.8) is 0 Å². The molecule has 2 rings (SSSR count). The number of unbranched alkanes of at least 4 members (excludes halogenated alkanes) is 3.